The fourth-order valence-electron chi connectivity index (χ4n) is 3.87. The summed E-state index contributed by atoms with van der Waals surface area (Å²) in [6.07, 6.45) is 0. The maximum atomic E-state index is 14.8. The van der Waals surface area contributed by atoms with Crippen molar-refractivity contribution >= 4 is 17.6 Å². The maximum Gasteiger partial charge on any atom is 0.355 e. The molecule has 1 unspecified atom stereocenters. The number of nitriles is 1. The number of nitrogens with two attached hydrogens (primary N) is 1. The van der Waals surface area contributed by atoms with E-state index in [0.717, 1.165) is 25.2 Å². The van der Waals surface area contributed by atoms with Crippen LogP contribution in [-0.2, 0) is 19.1 Å². The van der Waals surface area contributed by atoms with E-state index in [9.17, 15) is 19.2 Å². The van der Waals surface area contributed by atoms with Crippen molar-refractivity contribution in [3.8, 4) is 17.6 Å². The highest BCUT2D eigenvalue weighted by molar-refractivity contribution is 6.06. The van der Waals surface area contributed by atoms with Gasteiger partial charge in [-0.25, -0.2) is 14.0 Å². The molecule has 0 bridgehead atoms. The predicted octanol–water partition coefficient (Wildman–Crippen LogP) is 2.74. The summed E-state index contributed by atoms with van der Waals surface area (Å²) in [5, 5.41) is 10.1. The molecule has 2 aromatic rings. The second-order valence-corrected chi connectivity index (χ2v) is 6.96. The minimum atomic E-state index is -1.21. The molecular weight excluding hydrogens is 445 g/mol. The van der Waals surface area contributed by atoms with Gasteiger partial charge in [-0.15, -0.1) is 0 Å². The van der Waals surface area contributed by atoms with Gasteiger partial charge in [-0.3, -0.25) is 4.90 Å². The molecule has 1 aliphatic heterocycles. The number of halogens is 1. The van der Waals surface area contributed by atoms with Gasteiger partial charge in [0.25, 0.3) is 0 Å². The number of hydrogen-bond acceptors (Lipinski definition) is 9. The van der Waals surface area contributed by atoms with Gasteiger partial charge in [-0.1, -0.05) is 24.3 Å². The minimum Gasteiger partial charge on any atom is -0.493 e. The number of anilines is 1. The van der Waals surface area contributed by atoms with Gasteiger partial charge in [-0.05, 0) is 18.2 Å². The molecule has 1 aliphatic rings. The fraction of sp³-hybridized carbons (Fsp3) is 0.208. The fourth-order valence-corrected chi connectivity index (χ4v) is 3.87. The van der Waals surface area contributed by atoms with Crippen LogP contribution in [0.3, 0.4) is 0 Å². The van der Waals surface area contributed by atoms with Crippen LogP contribution in [0.5, 0.6) is 11.5 Å². The first kappa shape index (κ1) is 24.1. The first-order valence-corrected chi connectivity index (χ1v) is 9.92. The van der Waals surface area contributed by atoms with Crippen LogP contribution in [-0.4, -0.2) is 40.4 Å². The summed E-state index contributed by atoms with van der Waals surface area (Å²) in [6.45, 7) is 0. The SMILES string of the molecule is COC(=O)C1=C(C(=O)OC)N(c2ccccc2F)C(N)=C(C#N)C1c1cccc(OC)c1OC. The van der Waals surface area contributed by atoms with Crippen molar-refractivity contribution in [2.75, 3.05) is 33.3 Å². The van der Waals surface area contributed by atoms with Gasteiger partial charge < -0.3 is 24.7 Å². The lowest BCUT2D eigenvalue weighted by molar-refractivity contribution is -0.139. The highest BCUT2D eigenvalue weighted by atomic mass is 19.1. The number of hydrogen-bond donors (Lipinski definition) is 1. The van der Waals surface area contributed by atoms with Gasteiger partial charge in [0.05, 0.1) is 57.3 Å². The lowest BCUT2D eigenvalue weighted by atomic mass is 9.80. The molecule has 2 N–H and O–H groups in total. The number of para-hydroxylation sites is 2. The lowest BCUT2D eigenvalue weighted by Gasteiger charge is -2.36. The van der Waals surface area contributed by atoms with Gasteiger partial charge in [-0.2, -0.15) is 5.26 Å². The molecule has 9 nitrogen and oxygen atoms in total. The number of ether oxygens (including phenoxy) is 4. The Morgan fingerprint density at radius 1 is 1.00 bits per heavy atom. The quantitative estimate of drug-likeness (QED) is 0.639. The van der Waals surface area contributed by atoms with Gasteiger partial charge in [0.1, 0.15) is 17.3 Å². The number of benzene rings is 2. The molecule has 0 radical (unpaired) electrons. The van der Waals surface area contributed by atoms with E-state index in [1.54, 1.807) is 18.2 Å². The summed E-state index contributed by atoms with van der Waals surface area (Å²) in [7, 11) is 5.03. The molecule has 1 atom stereocenters. The average Bonchev–Trinajstić information content (AvgIpc) is 2.86. The molecule has 0 spiro atoms. The van der Waals surface area contributed by atoms with Crippen LogP contribution in [0.4, 0.5) is 10.1 Å². The van der Waals surface area contributed by atoms with E-state index in [1.807, 2.05) is 6.07 Å². The van der Waals surface area contributed by atoms with Gasteiger partial charge in [0.15, 0.2) is 11.5 Å². The summed E-state index contributed by atoms with van der Waals surface area (Å²) >= 11 is 0. The number of carbonyl (C=O) groups excluding carboxylic acids is 2. The molecule has 0 aromatic heterocycles. The maximum absolute atomic E-state index is 14.8. The summed E-state index contributed by atoms with van der Waals surface area (Å²) < 4.78 is 35.6. The van der Waals surface area contributed by atoms with Crippen molar-refractivity contribution < 1.29 is 32.9 Å². The van der Waals surface area contributed by atoms with Crippen LogP contribution in [0.1, 0.15) is 11.5 Å². The molecule has 0 saturated carbocycles. The Bertz CT molecular complexity index is 1250. The second-order valence-electron chi connectivity index (χ2n) is 6.96. The number of carbonyl (C=O) groups is 2. The van der Waals surface area contributed by atoms with Crippen LogP contribution in [0.25, 0.3) is 0 Å². The molecule has 0 amide bonds. The molecular formula is C24H22FN3O6. The van der Waals surface area contributed by atoms with E-state index in [2.05, 4.69) is 0 Å². The van der Waals surface area contributed by atoms with E-state index in [0.29, 0.717) is 11.3 Å². The second kappa shape index (κ2) is 9.95. The van der Waals surface area contributed by atoms with Crippen molar-refractivity contribution in [2.45, 2.75) is 5.92 Å². The third-order valence-electron chi connectivity index (χ3n) is 5.32. The molecule has 10 heteroatoms. The molecule has 2 aromatic carbocycles. The largest absolute Gasteiger partial charge is 0.493 e. The van der Waals surface area contributed by atoms with Crippen LogP contribution >= 0.6 is 0 Å². The molecule has 1 heterocycles. The molecule has 0 fully saturated rings. The molecule has 0 saturated heterocycles. The first-order valence-electron chi connectivity index (χ1n) is 9.92. The van der Waals surface area contributed by atoms with Gasteiger partial charge >= 0.3 is 11.9 Å². The van der Waals surface area contributed by atoms with Crippen molar-refractivity contribution in [3.05, 3.63) is 76.5 Å². The summed E-state index contributed by atoms with van der Waals surface area (Å²) in [4.78, 5) is 27.1. The van der Waals surface area contributed by atoms with Crippen LogP contribution in [0, 0.1) is 17.1 Å². The third-order valence-corrected chi connectivity index (χ3v) is 5.32. The lowest BCUT2D eigenvalue weighted by Crippen LogP contribution is -2.41. The standard InChI is InChI=1S/C24H22FN3O6/c1-31-17-11-7-8-13(21(17)32-2)18-14(12-26)22(27)28(16-10-6-5-9-15(16)25)20(24(30)34-4)19(18)23(29)33-3/h5-11,18H,27H2,1-4H3. The Morgan fingerprint density at radius 2 is 1.68 bits per heavy atom. The van der Waals surface area contributed by atoms with E-state index in [1.165, 1.54) is 32.4 Å². The smallest absolute Gasteiger partial charge is 0.355 e. The Morgan fingerprint density at radius 3 is 2.24 bits per heavy atom. The third kappa shape index (κ3) is 3.88. The summed E-state index contributed by atoms with van der Waals surface area (Å²) in [5.74, 6) is -3.63. The summed E-state index contributed by atoms with van der Waals surface area (Å²) in [6, 6.07) is 12.3. The molecule has 34 heavy (non-hydrogen) atoms. The van der Waals surface area contributed by atoms with Gasteiger partial charge in [0, 0.05) is 5.56 Å². The Labute approximate surface area is 195 Å². The van der Waals surface area contributed by atoms with E-state index >= 15 is 0 Å². The number of methoxy groups -OCH3 is 4. The Kier molecular flexibility index (Phi) is 7.06. The number of rotatable bonds is 6. The molecule has 3 rings (SSSR count). The van der Waals surface area contributed by atoms with Crippen LogP contribution in [0.2, 0.25) is 0 Å². The zero-order chi connectivity index (χ0) is 25.0. The van der Waals surface area contributed by atoms with Crippen molar-refractivity contribution in [1.82, 2.24) is 0 Å². The van der Waals surface area contributed by atoms with Gasteiger partial charge in [0.2, 0.25) is 0 Å². The van der Waals surface area contributed by atoms with E-state index in [4.69, 9.17) is 24.7 Å². The molecule has 176 valence electrons. The normalized spacial score (nSPS) is 15.5. The number of nitrogens with zero attached hydrogens (tertiary/aromatic N) is 2. The highest BCUT2D eigenvalue weighted by Gasteiger charge is 2.44. The minimum absolute atomic E-state index is 0.136. The van der Waals surface area contributed by atoms with Crippen molar-refractivity contribution in [2.24, 2.45) is 5.73 Å². The molecule has 0 aliphatic carbocycles. The Balaban J connectivity index is 2.49. The Hall–Kier alpha value is -4.52. The summed E-state index contributed by atoms with van der Waals surface area (Å²) in [5.41, 5.74) is 5.69. The average molecular weight is 467 g/mol. The van der Waals surface area contributed by atoms with E-state index in [-0.39, 0.29) is 28.4 Å². The monoisotopic (exact) mass is 467 g/mol. The first-order chi connectivity index (χ1) is 16.4. The number of esters is 2. The van der Waals surface area contributed by atoms with E-state index < -0.39 is 29.4 Å². The van der Waals surface area contributed by atoms with Crippen LogP contribution < -0.4 is 20.1 Å². The van der Waals surface area contributed by atoms with Crippen LogP contribution in [0.15, 0.2) is 65.1 Å². The number of allylic oxidation sites excluding steroid dienone is 1. The zero-order valence-electron chi connectivity index (χ0n) is 18.9. The topological polar surface area (TPSA) is 124 Å². The zero-order valence-corrected chi connectivity index (χ0v) is 18.9. The predicted molar refractivity (Wildman–Crippen MR) is 119 cm³/mol. The van der Waals surface area contributed by atoms with Crippen molar-refractivity contribution in [1.29, 1.82) is 5.26 Å². The highest BCUT2D eigenvalue weighted by Crippen LogP contribution is 2.47. The van der Waals surface area contributed by atoms with Crippen molar-refractivity contribution in [3.63, 3.8) is 0 Å².